The van der Waals surface area contributed by atoms with E-state index in [0.717, 1.165) is 23.7 Å². The van der Waals surface area contributed by atoms with Gasteiger partial charge in [0.25, 0.3) is 0 Å². The van der Waals surface area contributed by atoms with E-state index in [4.69, 9.17) is 5.73 Å². The number of nitrogens with zero attached hydrogens (tertiary/aromatic N) is 2. The maximum Gasteiger partial charge on any atom is 0.221 e. The van der Waals surface area contributed by atoms with E-state index in [1.165, 1.54) is 32.1 Å². The minimum Gasteiger partial charge on any atom is -0.368 e. The fourth-order valence-electron chi connectivity index (χ4n) is 2.87. The highest BCUT2D eigenvalue weighted by atomic mass is 15.1. The average Bonchev–Trinajstić information content (AvgIpc) is 2.41. The standard InChI is InChI=1S/C14H24N4/c1-3-12(11-7-5-4-6-8-11)17-13-10(2)9-16-14(15)18-13/h9,11-12H,3-8H2,1-2H3,(H3,15,16,17,18). The molecule has 0 spiro atoms. The maximum atomic E-state index is 5.66. The number of aryl methyl sites for hydroxylation is 1. The molecule has 4 nitrogen and oxygen atoms in total. The molecule has 100 valence electrons. The predicted molar refractivity (Wildman–Crippen MR) is 75.5 cm³/mol. The van der Waals surface area contributed by atoms with Crippen molar-refractivity contribution in [2.75, 3.05) is 11.1 Å². The molecule has 2 rings (SSSR count). The summed E-state index contributed by atoms with van der Waals surface area (Å²) in [6, 6.07) is 0.512. The molecule has 0 aliphatic heterocycles. The fourth-order valence-corrected chi connectivity index (χ4v) is 2.87. The van der Waals surface area contributed by atoms with Crippen molar-refractivity contribution < 1.29 is 0 Å². The Morgan fingerprint density at radius 1 is 1.39 bits per heavy atom. The summed E-state index contributed by atoms with van der Waals surface area (Å²) < 4.78 is 0. The first-order chi connectivity index (χ1) is 8.70. The minimum absolute atomic E-state index is 0.349. The van der Waals surface area contributed by atoms with Crippen LogP contribution in [0.15, 0.2) is 6.20 Å². The Morgan fingerprint density at radius 2 is 2.11 bits per heavy atom. The molecule has 1 aliphatic rings. The maximum absolute atomic E-state index is 5.66. The van der Waals surface area contributed by atoms with Gasteiger partial charge in [-0.15, -0.1) is 0 Å². The summed E-state index contributed by atoms with van der Waals surface area (Å²) in [6.45, 7) is 4.27. The third-order valence-electron chi connectivity index (χ3n) is 3.97. The summed E-state index contributed by atoms with van der Waals surface area (Å²) in [7, 11) is 0. The van der Waals surface area contributed by atoms with E-state index in [2.05, 4.69) is 22.2 Å². The molecule has 1 atom stereocenters. The van der Waals surface area contributed by atoms with Crippen molar-refractivity contribution in [3.05, 3.63) is 11.8 Å². The van der Waals surface area contributed by atoms with E-state index in [-0.39, 0.29) is 0 Å². The van der Waals surface area contributed by atoms with Gasteiger partial charge in [-0.25, -0.2) is 4.98 Å². The van der Waals surface area contributed by atoms with E-state index in [9.17, 15) is 0 Å². The molecule has 1 aliphatic carbocycles. The van der Waals surface area contributed by atoms with Crippen LogP contribution in [0.25, 0.3) is 0 Å². The SMILES string of the molecule is CCC(Nc1nc(N)ncc1C)C1CCCCC1. The normalized spacial score (nSPS) is 18.6. The Kier molecular flexibility index (Phi) is 4.39. The van der Waals surface area contributed by atoms with Crippen molar-refractivity contribution in [3.63, 3.8) is 0 Å². The summed E-state index contributed by atoms with van der Waals surface area (Å²) in [4.78, 5) is 8.32. The summed E-state index contributed by atoms with van der Waals surface area (Å²) in [5.74, 6) is 2.03. The Hall–Kier alpha value is -1.32. The Bertz CT molecular complexity index is 385. The number of nitrogen functional groups attached to an aromatic ring is 1. The molecule has 0 aromatic carbocycles. The van der Waals surface area contributed by atoms with Gasteiger partial charge in [0, 0.05) is 17.8 Å². The third kappa shape index (κ3) is 3.12. The summed E-state index contributed by atoms with van der Waals surface area (Å²) in [6.07, 6.45) is 9.73. The predicted octanol–water partition coefficient (Wildman–Crippen LogP) is 3.14. The molecule has 0 saturated heterocycles. The summed E-state index contributed by atoms with van der Waals surface area (Å²) in [5.41, 5.74) is 6.73. The van der Waals surface area contributed by atoms with Gasteiger partial charge in [-0.2, -0.15) is 4.98 Å². The van der Waals surface area contributed by atoms with Crippen molar-refractivity contribution in [1.82, 2.24) is 9.97 Å². The van der Waals surface area contributed by atoms with Crippen molar-refractivity contribution in [2.24, 2.45) is 5.92 Å². The molecule has 0 bridgehead atoms. The second-order valence-electron chi connectivity index (χ2n) is 5.32. The second-order valence-corrected chi connectivity index (χ2v) is 5.32. The zero-order valence-corrected chi connectivity index (χ0v) is 11.4. The van der Waals surface area contributed by atoms with Gasteiger partial charge >= 0.3 is 0 Å². The van der Waals surface area contributed by atoms with Gasteiger partial charge in [-0.1, -0.05) is 26.2 Å². The van der Waals surface area contributed by atoms with Crippen LogP contribution in [0.4, 0.5) is 11.8 Å². The number of rotatable bonds is 4. The lowest BCUT2D eigenvalue weighted by Crippen LogP contribution is -2.30. The zero-order valence-electron chi connectivity index (χ0n) is 11.4. The lowest BCUT2D eigenvalue weighted by atomic mass is 9.83. The quantitative estimate of drug-likeness (QED) is 0.859. The molecule has 1 unspecified atom stereocenters. The molecule has 18 heavy (non-hydrogen) atoms. The topological polar surface area (TPSA) is 63.8 Å². The van der Waals surface area contributed by atoms with Gasteiger partial charge in [0.2, 0.25) is 5.95 Å². The van der Waals surface area contributed by atoms with E-state index < -0.39 is 0 Å². The number of hydrogen-bond acceptors (Lipinski definition) is 4. The Morgan fingerprint density at radius 3 is 2.78 bits per heavy atom. The number of nitrogens with one attached hydrogen (secondary N) is 1. The summed E-state index contributed by atoms with van der Waals surface area (Å²) >= 11 is 0. The van der Waals surface area contributed by atoms with Crippen LogP contribution in [-0.4, -0.2) is 16.0 Å². The third-order valence-corrected chi connectivity index (χ3v) is 3.97. The second kappa shape index (κ2) is 6.03. The first kappa shape index (κ1) is 13.1. The van der Waals surface area contributed by atoms with Crippen LogP contribution < -0.4 is 11.1 Å². The first-order valence-corrected chi connectivity index (χ1v) is 7.06. The highest BCUT2D eigenvalue weighted by molar-refractivity contribution is 5.45. The molecule has 1 fully saturated rings. The minimum atomic E-state index is 0.349. The number of nitrogens with two attached hydrogens (primary N) is 1. The van der Waals surface area contributed by atoms with Gasteiger partial charge < -0.3 is 11.1 Å². The van der Waals surface area contributed by atoms with Crippen molar-refractivity contribution in [2.45, 2.75) is 58.4 Å². The monoisotopic (exact) mass is 248 g/mol. The van der Waals surface area contributed by atoms with E-state index in [1.54, 1.807) is 6.20 Å². The van der Waals surface area contributed by atoms with Gasteiger partial charge in [0.05, 0.1) is 0 Å². The average molecular weight is 248 g/mol. The van der Waals surface area contributed by atoms with Gasteiger partial charge in [0.1, 0.15) is 5.82 Å². The Balaban J connectivity index is 2.06. The fraction of sp³-hybridized carbons (Fsp3) is 0.714. The molecule has 4 heteroatoms. The molecule has 1 aromatic heterocycles. The smallest absolute Gasteiger partial charge is 0.221 e. The largest absolute Gasteiger partial charge is 0.368 e. The highest BCUT2D eigenvalue weighted by Crippen LogP contribution is 2.29. The number of hydrogen-bond donors (Lipinski definition) is 2. The Labute approximate surface area is 109 Å². The van der Waals surface area contributed by atoms with E-state index in [0.29, 0.717) is 12.0 Å². The highest BCUT2D eigenvalue weighted by Gasteiger charge is 2.22. The van der Waals surface area contributed by atoms with Crippen LogP contribution >= 0.6 is 0 Å². The van der Waals surface area contributed by atoms with Crippen molar-refractivity contribution in [1.29, 1.82) is 0 Å². The molecular weight excluding hydrogens is 224 g/mol. The molecule has 1 saturated carbocycles. The molecule has 1 aromatic rings. The van der Waals surface area contributed by atoms with Crippen LogP contribution in [-0.2, 0) is 0 Å². The number of anilines is 2. The van der Waals surface area contributed by atoms with E-state index >= 15 is 0 Å². The lowest BCUT2D eigenvalue weighted by Gasteiger charge is -2.31. The van der Waals surface area contributed by atoms with Crippen LogP contribution in [0.1, 0.15) is 51.0 Å². The summed E-state index contributed by atoms with van der Waals surface area (Å²) in [5, 5.41) is 3.58. The molecule has 0 amide bonds. The van der Waals surface area contributed by atoms with E-state index in [1.807, 2.05) is 6.92 Å². The van der Waals surface area contributed by atoms with Crippen LogP contribution in [0.5, 0.6) is 0 Å². The van der Waals surface area contributed by atoms with Crippen LogP contribution in [0.2, 0.25) is 0 Å². The van der Waals surface area contributed by atoms with Crippen molar-refractivity contribution >= 4 is 11.8 Å². The zero-order chi connectivity index (χ0) is 13.0. The van der Waals surface area contributed by atoms with Gasteiger partial charge in [0.15, 0.2) is 0 Å². The van der Waals surface area contributed by atoms with Crippen LogP contribution in [0.3, 0.4) is 0 Å². The molecular formula is C14H24N4. The lowest BCUT2D eigenvalue weighted by molar-refractivity contribution is 0.312. The number of aromatic nitrogens is 2. The molecule has 1 heterocycles. The molecule has 0 radical (unpaired) electrons. The van der Waals surface area contributed by atoms with Gasteiger partial charge in [-0.05, 0) is 32.1 Å². The first-order valence-electron chi connectivity index (χ1n) is 7.06. The molecule has 3 N–H and O–H groups in total. The van der Waals surface area contributed by atoms with Gasteiger partial charge in [-0.3, -0.25) is 0 Å². The van der Waals surface area contributed by atoms with Crippen molar-refractivity contribution in [3.8, 4) is 0 Å². The van der Waals surface area contributed by atoms with Crippen LogP contribution in [0, 0.1) is 12.8 Å².